The number of carboxylic acids is 1. The number of hydrogen-bond acceptors (Lipinski definition) is 3. The first-order chi connectivity index (χ1) is 8.06. The maximum atomic E-state index is 10.7. The second-order valence-corrected chi connectivity index (χ2v) is 6.37. The van der Waals surface area contributed by atoms with E-state index in [4.69, 9.17) is 28.3 Å². The molecular weight excluding hydrogens is 299 g/mol. The molecule has 0 atom stereocenters. The highest BCUT2D eigenvalue weighted by Crippen LogP contribution is 2.38. The minimum absolute atomic E-state index is 0.311. The number of carboxylic acid groups (broad SMARTS) is 1. The molecule has 17 heavy (non-hydrogen) atoms. The van der Waals surface area contributed by atoms with Crippen molar-refractivity contribution in [3.05, 3.63) is 45.3 Å². The van der Waals surface area contributed by atoms with Gasteiger partial charge in [-0.3, -0.25) is 0 Å². The second-order valence-electron chi connectivity index (χ2n) is 3.10. The maximum Gasteiger partial charge on any atom is 0.345 e. The molecule has 0 unspecified atom stereocenters. The summed E-state index contributed by atoms with van der Waals surface area (Å²) in [6.45, 7) is 0. The van der Waals surface area contributed by atoms with Crippen LogP contribution in [0.15, 0.2) is 39.4 Å². The average molecular weight is 305 g/mol. The van der Waals surface area contributed by atoms with Crippen molar-refractivity contribution in [3.63, 3.8) is 0 Å². The Labute approximate surface area is 116 Å². The fourth-order valence-electron chi connectivity index (χ4n) is 1.15. The monoisotopic (exact) mass is 304 g/mol. The third kappa shape index (κ3) is 3.16. The molecule has 0 radical (unpaired) electrons. The molecule has 1 aromatic heterocycles. The lowest BCUT2D eigenvalue weighted by atomic mass is 10.4. The van der Waals surface area contributed by atoms with Crippen molar-refractivity contribution in [1.29, 1.82) is 0 Å². The highest BCUT2D eigenvalue weighted by atomic mass is 35.5. The standard InChI is InChI=1S/C11H6Cl2O2S2/c12-6-1-2-7(13)9(5-6)17-10-4-3-8(16-10)11(14)15/h1-5H,(H,14,15). The zero-order valence-electron chi connectivity index (χ0n) is 8.31. The summed E-state index contributed by atoms with van der Waals surface area (Å²) in [5.74, 6) is -0.918. The average Bonchev–Trinajstić information content (AvgIpc) is 2.72. The van der Waals surface area contributed by atoms with Gasteiger partial charge in [-0.25, -0.2) is 4.79 Å². The van der Waals surface area contributed by atoms with Gasteiger partial charge in [-0.1, -0.05) is 35.0 Å². The normalized spacial score (nSPS) is 10.5. The smallest absolute Gasteiger partial charge is 0.345 e. The molecule has 1 N–H and O–H groups in total. The van der Waals surface area contributed by atoms with E-state index < -0.39 is 5.97 Å². The van der Waals surface area contributed by atoms with E-state index >= 15 is 0 Å². The maximum absolute atomic E-state index is 10.7. The van der Waals surface area contributed by atoms with Crippen LogP contribution in [-0.2, 0) is 0 Å². The fraction of sp³-hybridized carbons (Fsp3) is 0. The molecule has 2 rings (SSSR count). The predicted octanol–water partition coefficient (Wildman–Crippen LogP) is 4.90. The summed E-state index contributed by atoms with van der Waals surface area (Å²) in [7, 11) is 0. The number of hydrogen-bond donors (Lipinski definition) is 1. The van der Waals surface area contributed by atoms with Gasteiger partial charge in [-0.15, -0.1) is 11.3 Å². The summed E-state index contributed by atoms with van der Waals surface area (Å²) in [6, 6.07) is 8.53. The quantitative estimate of drug-likeness (QED) is 0.876. The van der Waals surface area contributed by atoms with Gasteiger partial charge in [0.25, 0.3) is 0 Å². The van der Waals surface area contributed by atoms with Crippen molar-refractivity contribution in [2.45, 2.75) is 9.10 Å². The van der Waals surface area contributed by atoms with E-state index in [9.17, 15) is 4.79 Å². The highest BCUT2D eigenvalue weighted by molar-refractivity contribution is 8.01. The zero-order valence-corrected chi connectivity index (χ0v) is 11.5. The van der Waals surface area contributed by atoms with Crippen molar-refractivity contribution in [3.8, 4) is 0 Å². The van der Waals surface area contributed by atoms with Gasteiger partial charge in [-0.05, 0) is 30.3 Å². The van der Waals surface area contributed by atoms with Gasteiger partial charge in [-0.2, -0.15) is 0 Å². The molecule has 0 bridgehead atoms. The van der Waals surface area contributed by atoms with Crippen LogP contribution in [0.2, 0.25) is 10.0 Å². The van der Waals surface area contributed by atoms with Crippen LogP contribution in [0.25, 0.3) is 0 Å². The Balaban J connectivity index is 2.25. The molecule has 0 fully saturated rings. The number of carbonyl (C=O) groups is 1. The molecule has 0 amide bonds. The Morgan fingerprint density at radius 3 is 2.65 bits per heavy atom. The van der Waals surface area contributed by atoms with E-state index in [1.807, 2.05) is 0 Å². The van der Waals surface area contributed by atoms with Crippen LogP contribution in [0.4, 0.5) is 0 Å². The molecule has 0 saturated carbocycles. The van der Waals surface area contributed by atoms with Crippen molar-refractivity contribution in [2.24, 2.45) is 0 Å². The van der Waals surface area contributed by atoms with E-state index in [0.717, 1.165) is 9.10 Å². The largest absolute Gasteiger partial charge is 0.477 e. The van der Waals surface area contributed by atoms with Gasteiger partial charge < -0.3 is 5.11 Å². The molecule has 0 aliphatic rings. The number of aromatic carboxylic acids is 1. The van der Waals surface area contributed by atoms with Gasteiger partial charge in [0, 0.05) is 9.92 Å². The lowest BCUT2D eigenvalue weighted by Gasteiger charge is -2.02. The first kappa shape index (κ1) is 12.8. The molecule has 0 spiro atoms. The van der Waals surface area contributed by atoms with Gasteiger partial charge in [0.2, 0.25) is 0 Å². The molecule has 2 aromatic rings. The van der Waals surface area contributed by atoms with E-state index in [0.29, 0.717) is 14.9 Å². The molecule has 1 heterocycles. The highest BCUT2D eigenvalue weighted by Gasteiger charge is 2.09. The Hall–Kier alpha value is -0.680. The molecule has 0 aliphatic carbocycles. The number of thiophene rings is 1. The third-order valence-electron chi connectivity index (χ3n) is 1.90. The van der Waals surface area contributed by atoms with Crippen molar-refractivity contribution in [2.75, 3.05) is 0 Å². The van der Waals surface area contributed by atoms with E-state index in [-0.39, 0.29) is 0 Å². The summed E-state index contributed by atoms with van der Waals surface area (Å²) in [4.78, 5) is 11.9. The molecule has 88 valence electrons. The number of rotatable bonds is 3. The zero-order chi connectivity index (χ0) is 12.4. The Kier molecular flexibility index (Phi) is 3.99. The molecule has 0 saturated heterocycles. The van der Waals surface area contributed by atoms with Crippen molar-refractivity contribution >= 4 is 52.3 Å². The van der Waals surface area contributed by atoms with Crippen LogP contribution in [0.3, 0.4) is 0 Å². The number of halogens is 2. The van der Waals surface area contributed by atoms with E-state index in [2.05, 4.69) is 0 Å². The fourth-order valence-corrected chi connectivity index (χ4v) is 3.61. The Bertz CT molecular complexity index is 566. The van der Waals surface area contributed by atoms with Crippen LogP contribution >= 0.6 is 46.3 Å². The SMILES string of the molecule is O=C(O)c1ccc(Sc2cc(Cl)ccc2Cl)s1. The van der Waals surface area contributed by atoms with E-state index in [1.165, 1.54) is 23.1 Å². The topological polar surface area (TPSA) is 37.3 Å². The molecular formula is C11H6Cl2O2S2. The van der Waals surface area contributed by atoms with Crippen LogP contribution < -0.4 is 0 Å². The number of benzene rings is 1. The molecule has 0 aliphatic heterocycles. The van der Waals surface area contributed by atoms with Crippen LogP contribution in [0.5, 0.6) is 0 Å². The van der Waals surface area contributed by atoms with Crippen LogP contribution in [-0.4, -0.2) is 11.1 Å². The van der Waals surface area contributed by atoms with Crippen LogP contribution in [0.1, 0.15) is 9.67 Å². The molecule has 6 heteroatoms. The lowest BCUT2D eigenvalue weighted by molar-refractivity contribution is 0.0702. The van der Waals surface area contributed by atoms with Gasteiger partial charge >= 0.3 is 5.97 Å². The first-order valence-electron chi connectivity index (χ1n) is 4.52. The van der Waals surface area contributed by atoms with Crippen molar-refractivity contribution in [1.82, 2.24) is 0 Å². The summed E-state index contributed by atoms with van der Waals surface area (Å²) < 4.78 is 0.867. The third-order valence-corrected chi connectivity index (χ3v) is 4.84. The predicted molar refractivity (Wildman–Crippen MR) is 71.9 cm³/mol. The minimum atomic E-state index is -0.918. The Morgan fingerprint density at radius 2 is 2.00 bits per heavy atom. The Morgan fingerprint density at radius 1 is 1.24 bits per heavy atom. The summed E-state index contributed by atoms with van der Waals surface area (Å²) in [5, 5.41) is 10.0. The van der Waals surface area contributed by atoms with Gasteiger partial charge in [0.05, 0.1) is 9.23 Å². The summed E-state index contributed by atoms with van der Waals surface area (Å²) in [5.41, 5.74) is 0. The molecule has 2 nitrogen and oxygen atoms in total. The van der Waals surface area contributed by atoms with Gasteiger partial charge in [0.1, 0.15) is 4.88 Å². The molecule has 1 aromatic carbocycles. The first-order valence-corrected chi connectivity index (χ1v) is 6.91. The minimum Gasteiger partial charge on any atom is -0.477 e. The summed E-state index contributed by atoms with van der Waals surface area (Å²) in [6.07, 6.45) is 0. The van der Waals surface area contributed by atoms with E-state index in [1.54, 1.807) is 30.3 Å². The summed E-state index contributed by atoms with van der Waals surface area (Å²) >= 11 is 14.5. The second kappa shape index (κ2) is 5.31. The van der Waals surface area contributed by atoms with Gasteiger partial charge in [0.15, 0.2) is 0 Å². The van der Waals surface area contributed by atoms with Crippen molar-refractivity contribution < 1.29 is 9.90 Å². The van der Waals surface area contributed by atoms with Crippen LogP contribution in [0, 0.1) is 0 Å². The lowest BCUT2D eigenvalue weighted by Crippen LogP contribution is -1.89.